The van der Waals surface area contributed by atoms with Crippen molar-refractivity contribution in [3.05, 3.63) is 11.6 Å². The number of carbonyl (C=O) groups is 1. The first-order chi connectivity index (χ1) is 12.1. The van der Waals surface area contributed by atoms with Gasteiger partial charge in [0.15, 0.2) is 11.7 Å². The highest BCUT2D eigenvalue weighted by Crippen LogP contribution is 2.74. The third kappa shape index (κ3) is 1.60. The van der Waals surface area contributed by atoms with Crippen molar-refractivity contribution in [2.45, 2.75) is 71.4 Å². The van der Waals surface area contributed by atoms with Crippen LogP contribution in [-0.4, -0.2) is 40.3 Å². The molecule has 3 saturated carbocycles. The van der Waals surface area contributed by atoms with Crippen molar-refractivity contribution in [3.8, 4) is 0 Å². The van der Waals surface area contributed by atoms with Gasteiger partial charge >= 0.3 is 6.16 Å². The van der Waals surface area contributed by atoms with Gasteiger partial charge in [0.2, 0.25) is 0 Å². The summed E-state index contributed by atoms with van der Waals surface area (Å²) in [7, 11) is 0. The van der Waals surface area contributed by atoms with Gasteiger partial charge in [-0.1, -0.05) is 39.3 Å². The first kappa shape index (κ1) is 17.1. The van der Waals surface area contributed by atoms with E-state index in [0.29, 0.717) is 12.3 Å². The number of ether oxygens (including phenoxy) is 2. The third-order valence-electron chi connectivity index (χ3n) is 8.95. The molecule has 5 rings (SSSR count). The van der Waals surface area contributed by atoms with Gasteiger partial charge in [0.25, 0.3) is 0 Å². The lowest BCUT2D eigenvalue weighted by Crippen LogP contribution is -2.60. The summed E-state index contributed by atoms with van der Waals surface area (Å²) in [5.74, 6) is 0.423. The first-order valence-electron chi connectivity index (χ1n) is 10.0. The van der Waals surface area contributed by atoms with Crippen LogP contribution in [-0.2, 0) is 9.47 Å². The van der Waals surface area contributed by atoms with Gasteiger partial charge in [-0.2, -0.15) is 0 Å². The van der Waals surface area contributed by atoms with Crippen molar-refractivity contribution in [2.75, 3.05) is 0 Å². The molecule has 0 amide bonds. The van der Waals surface area contributed by atoms with E-state index >= 15 is 0 Å². The van der Waals surface area contributed by atoms with E-state index in [0.717, 1.165) is 12.0 Å². The summed E-state index contributed by atoms with van der Waals surface area (Å²) in [5, 5.41) is 23.1. The molecule has 144 valence electrons. The lowest BCUT2D eigenvalue weighted by molar-refractivity contribution is -0.143. The molecule has 10 unspecified atom stereocenters. The zero-order chi connectivity index (χ0) is 18.8. The molecule has 2 N–H and O–H groups in total. The van der Waals surface area contributed by atoms with Crippen LogP contribution >= 0.6 is 0 Å². The van der Waals surface area contributed by atoms with Crippen LogP contribution in [0.15, 0.2) is 11.6 Å². The van der Waals surface area contributed by atoms with E-state index in [1.807, 2.05) is 13.8 Å². The van der Waals surface area contributed by atoms with Crippen LogP contribution in [0.5, 0.6) is 0 Å². The molecule has 4 fully saturated rings. The van der Waals surface area contributed by atoms with Gasteiger partial charge in [-0.3, -0.25) is 0 Å². The predicted octanol–water partition coefficient (Wildman–Crippen LogP) is 2.90. The second kappa shape index (κ2) is 4.67. The summed E-state index contributed by atoms with van der Waals surface area (Å²) in [6.45, 7) is 10.7. The van der Waals surface area contributed by atoms with E-state index in [2.05, 4.69) is 26.8 Å². The minimum Gasteiger partial charge on any atom is -0.426 e. The minimum absolute atomic E-state index is 0.129. The number of hydrogen-bond acceptors (Lipinski definition) is 5. The van der Waals surface area contributed by atoms with Crippen LogP contribution in [0.4, 0.5) is 4.79 Å². The zero-order valence-corrected chi connectivity index (χ0v) is 16.2. The van der Waals surface area contributed by atoms with Crippen LogP contribution in [0.3, 0.4) is 0 Å². The quantitative estimate of drug-likeness (QED) is 0.512. The summed E-state index contributed by atoms with van der Waals surface area (Å²) in [6, 6.07) is 0. The Morgan fingerprint density at radius 1 is 1.23 bits per heavy atom. The molecule has 5 aliphatic rings. The highest BCUT2D eigenvalue weighted by atomic mass is 16.8. The minimum atomic E-state index is -0.900. The van der Waals surface area contributed by atoms with Crippen molar-refractivity contribution < 1.29 is 24.5 Å². The van der Waals surface area contributed by atoms with Crippen molar-refractivity contribution in [3.63, 3.8) is 0 Å². The molecule has 0 aromatic rings. The fraction of sp³-hybridized carbons (Fsp3) is 0.857. The Morgan fingerprint density at radius 2 is 1.92 bits per heavy atom. The molecular formula is C21H30O5. The van der Waals surface area contributed by atoms with Crippen molar-refractivity contribution >= 4 is 6.16 Å². The molecule has 1 aliphatic heterocycles. The van der Waals surface area contributed by atoms with Gasteiger partial charge in [0.1, 0.15) is 0 Å². The highest BCUT2D eigenvalue weighted by Gasteiger charge is 2.79. The van der Waals surface area contributed by atoms with Gasteiger partial charge in [-0.25, -0.2) is 4.79 Å². The molecular weight excluding hydrogens is 332 g/mol. The van der Waals surface area contributed by atoms with E-state index < -0.39 is 35.5 Å². The number of aliphatic hydroxyl groups excluding tert-OH is 2. The Hall–Kier alpha value is -1.07. The fourth-order valence-corrected chi connectivity index (χ4v) is 7.79. The van der Waals surface area contributed by atoms with Crippen LogP contribution < -0.4 is 0 Å². The summed E-state index contributed by atoms with van der Waals surface area (Å²) < 4.78 is 11.6. The van der Waals surface area contributed by atoms with Crippen LogP contribution in [0, 0.1) is 40.4 Å². The normalized spacial score (nSPS) is 59.0. The molecule has 5 heteroatoms. The van der Waals surface area contributed by atoms with Crippen LogP contribution in [0.1, 0.15) is 47.5 Å². The van der Waals surface area contributed by atoms with Gasteiger partial charge < -0.3 is 19.7 Å². The standard InChI is InChI=1S/C21H30O5/c1-9-7-20-10(2)6-12-14(19(12,4)5)13(16(20)23)15(22)11(3)17-21(20,8-9)26-18(24)25-17/h7,10-17,22-23H,6,8H2,1-5H3. The number of carbonyl (C=O) groups excluding carboxylic acids is 1. The Kier molecular flexibility index (Phi) is 3.06. The Balaban J connectivity index is 1.76. The van der Waals surface area contributed by atoms with Gasteiger partial charge in [-0.05, 0) is 36.5 Å². The van der Waals surface area contributed by atoms with Gasteiger partial charge in [0, 0.05) is 18.3 Å². The lowest BCUT2D eigenvalue weighted by atomic mass is 9.59. The Bertz CT molecular complexity index is 713. The van der Waals surface area contributed by atoms with E-state index in [1.165, 1.54) is 0 Å². The molecule has 1 heterocycles. The molecule has 4 aliphatic carbocycles. The van der Waals surface area contributed by atoms with E-state index in [-0.39, 0.29) is 29.1 Å². The second-order valence-electron chi connectivity index (χ2n) is 10.3. The molecule has 10 atom stereocenters. The maximum absolute atomic E-state index is 12.2. The van der Waals surface area contributed by atoms with Crippen LogP contribution in [0.25, 0.3) is 0 Å². The topological polar surface area (TPSA) is 76.0 Å². The molecule has 2 bridgehead atoms. The van der Waals surface area contributed by atoms with Crippen molar-refractivity contribution in [1.29, 1.82) is 0 Å². The number of rotatable bonds is 0. The van der Waals surface area contributed by atoms with E-state index in [4.69, 9.17) is 9.47 Å². The number of hydrogen-bond donors (Lipinski definition) is 2. The molecule has 2 spiro atoms. The summed E-state index contributed by atoms with van der Waals surface area (Å²) in [6.07, 6.45) is 1.06. The zero-order valence-electron chi connectivity index (χ0n) is 16.2. The van der Waals surface area contributed by atoms with Crippen molar-refractivity contribution in [2.24, 2.45) is 40.4 Å². The monoisotopic (exact) mass is 362 g/mol. The predicted molar refractivity (Wildman–Crippen MR) is 94.1 cm³/mol. The third-order valence-corrected chi connectivity index (χ3v) is 8.95. The number of aliphatic hydroxyl groups is 2. The van der Waals surface area contributed by atoms with Gasteiger partial charge in [-0.15, -0.1) is 0 Å². The van der Waals surface area contributed by atoms with Gasteiger partial charge in [0.05, 0.1) is 17.6 Å². The molecule has 5 nitrogen and oxygen atoms in total. The lowest BCUT2D eigenvalue weighted by Gasteiger charge is -2.49. The van der Waals surface area contributed by atoms with Crippen LogP contribution in [0.2, 0.25) is 0 Å². The largest absolute Gasteiger partial charge is 0.509 e. The molecule has 0 radical (unpaired) electrons. The average Bonchev–Trinajstić information content (AvgIpc) is 2.85. The summed E-state index contributed by atoms with van der Waals surface area (Å²) in [5.41, 5.74) is -0.322. The first-order valence-corrected chi connectivity index (χ1v) is 10.0. The fourth-order valence-electron chi connectivity index (χ4n) is 7.79. The molecule has 0 aromatic heterocycles. The summed E-state index contributed by atoms with van der Waals surface area (Å²) >= 11 is 0. The Morgan fingerprint density at radius 3 is 2.62 bits per heavy atom. The van der Waals surface area contributed by atoms with E-state index in [1.54, 1.807) is 0 Å². The smallest absolute Gasteiger partial charge is 0.426 e. The van der Waals surface area contributed by atoms with E-state index in [9.17, 15) is 15.0 Å². The Labute approximate surface area is 154 Å². The molecule has 26 heavy (non-hydrogen) atoms. The average molecular weight is 362 g/mol. The summed E-state index contributed by atoms with van der Waals surface area (Å²) in [4.78, 5) is 12.2. The van der Waals surface area contributed by atoms with Crippen molar-refractivity contribution in [1.82, 2.24) is 0 Å². The maximum Gasteiger partial charge on any atom is 0.509 e. The number of fused-ring (bicyclic) bond motifs is 3. The SMILES string of the molecule is CC1=CC23C(C)CC4C(C(C(O)C(C)C5OC(=O)OC52C1)C3O)C4(C)C. The maximum atomic E-state index is 12.2. The second-order valence-corrected chi connectivity index (χ2v) is 10.3. The highest BCUT2D eigenvalue weighted by molar-refractivity contribution is 5.65. The molecule has 1 saturated heterocycles. The molecule has 0 aromatic carbocycles.